The molecule has 0 spiro atoms. The highest BCUT2D eigenvalue weighted by Gasteiger charge is 2.03. The van der Waals surface area contributed by atoms with Gasteiger partial charge in [0.05, 0.1) is 10.0 Å². The van der Waals surface area contributed by atoms with E-state index in [9.17, 15) is 0 Å². The normalized spacial score (nSPS) is 9.58. The molecule has 0 fully saturated rings. The monoisotopic (exact) mass is 363 g/mol. The highest BCUT2D eigenvalue weighted by molar-refractivity contribution is 6.42. The minimum absolute atomic E-state index is 0.250. The van der Waals surface area contributed by atoms with Crippen LogP contribution >= 0.6 is 23.2 Å². The van der Waals surface area contributed by atoms with Crippen molar-refractivity contribution in [2.24, 2.45) is 0 Å². The lowest BCUT2D eigenvalue weighted by Crippen LogP contribution is -1.95. The quantitative estimate of drug-likeness (QED) is 0.762. The average Bonchev–Trinajstić information content (AvgIpc) is 3.10. The summed E-state index contributed by atoms with van der Waals surface area (Å²) in [6.07, 6.45) is 1.78. The molecule has 3 rings (SSSR count). The molecule has 1 N–H and O–H groups in total. The summed E-state index contributed by atoms with van der Waals surface area (Å²) >= 11 is 12.0. The molecule has 3 aromatic rings. The van der Waals surface area contributed by atoms with Gasteiger partial charge in [0, 0.05) is 0 Å². The Kier molecular flexibility index (Phi) is 6.51. The zero-order valence-electron chi connectivity index (χ0n) is 12.2. The predicted octanol–water partition coefficient (Wildman–Crippen LogP) is 3.77. The molecule has 0 aliphatic carbocycles. The maximum atomic E-state index is 8.12. The Morgan fingerprint density at radius 2 is 1.67 bits per heavy atom. The van der Waals surface area contributed by atoms with Crippen molar-refractivity contribution in [3.63, 3.8) is 0 Å². The van der Waals surface area contributed by atoms with E-state index in [0.29, 0.717) is 22.5 Å². The molecule has 0 aliphatic rings. The first kappa shape index (κ1) is 17.7. The van der Waals surface area contributed by atoms with E-state index in [0.717, 1.165) is 16.7 Å². The van der Waals surface area contributed by atoms with Crippen molar-refractivity contribution in [3.8, 4) is 17.0 Å². The molecule has 0 saturated carbocycles. The second-order valence-electron chi connectivity index (χ2n) is 4.51. The van der Waals surface area contributed by atoms with Crippen LogP contribution in [-0.4, -0.2) is 21.6 Å². The molecule has 1 heterocycles. The largest absolute Gasteiger partial charge is 0.471 e. The Bertz CT molecular complexity index is 815. The van der Waals surface area contributed by atoms with Gasteiger partial charge in [-0.25, -0.2) is 0 Å². The molecule has 0 amide bonds. The molecule has 122 valence electrons. The summed E-state index contributed by atoms with van der Waals surface area (Å²) in [6, 6.07) is 13.6. The number of rotatable bonds is 4. The van der Waals surface area contributed by atoms with Crippen LogP contribution in [0.15, 0.2) is 48.7 Å². The fourth-order valence-electron chi connectivity index (χ4n) is 1.89. The minimum atomic E-state index is 0.250. The van der Waals surface area contributed by atoms with Crippen LogP contribution in [0.3, 0.4) is 0 Å². The lowest BCUT2D eigenvalue weighted by molar-refractivity contribution is -0.191. The predicted molar refractivity (Wildman–Crippen MR) is 87.6 cm³/mol. The number of carbonyl (C=O) groups excluding carboxylic acids is 2. The van der Waals surface area contributed by atoms with Crippen molar-refractivity contribution in [2.45, 2.75) is 6.61 Å². The molecular formula is C16H11Cl2N3O3. The van der Waals surface area contributed by atoms with Gasteiger partial charge in [0.1, 0.15) is 12.8 Å². The maximum absolute atomic E-state index is 8.12. The van der Waals surface area contributed by atoms with Crippen LogP contribution in [0.25, 0.3) is 11.1 Å². The van der Waals surface area contributed by atoms with Crippen molar-refractivity contribution in [2.75, 3.05) is 0 Å². The number of ether oxygens (including phenoxy) is 1. The summed E-state index contributed by atoms with van der Waals surface area (Å²) in [7, 11) is 0. The number of hydrogen-bond donors (Lipinski definition) is 1. The molecule has 6 nitrogen and oxygen atoms in total. The van der Waals surface area contributed by atoms with Crippen molar-refractivity contribution in [1.29, 1.82) is 0 Å². The molecule has 24 heavy (non-hydrogen) atoms. The first-order valence-corrected chi connectivity index (χ1v) is 7.42. The fraction of sp³-hybridized carbons (Fsp3) is 0.0625. The third-order valence-corrected chi connectivity index (χ3v) is 3.73. The summed E-state index contributed by atoms with van der Waals surface area (Å²) in [6.45, 7) is 0.439. The van der Waals surface area contributed by atoms with Gasteiger partial charge in [-0.15, -0.1) is 5.10 Å². The van der Waals surface area contributed by atoms with E-state index < -0.39 is 0 Å². The molecule has 0 bridgehead atoms. The van der Waals surface area contributed by atoms with E-state index in [4.69, 9.17) is 37.5 Å². The lowest BCUT2D eigenvalue weighted by atomic mass is 10.0. The fourth-order valence-corrected chi connectivity index (χ4v) is 2.19. The van der Waals surface area contributed by atoms with Gasteiger partial charge in [0.25, 0.3) is 5.88 Å². The van der Waals surface area contributed by atoms with Gasteiger partial charge in [0.15, 0.2) is 0 Å². The van der Waals surface area contributed by atoms with Gasteiger partial charge >= 0.3 is 6.15 Å². The van der Waals surface area contributed by atoms with Crippen LogP contribution < -0.4 is 4.74 Å². The highest BCUT2D eigenvalue weighted by atomic mass is 35.5. The zero-order chi connectivity index (χ0) is 17.4. The van der Waals surface area contributed by atoms with Crippen LogP contribution in [-0.2, 0) is 16.2 Å². The standard InChI is InChI=1S/C15H11Cl2N3O.CO2/c16-13-6-5-12(7-14(13)17)11-3-1-10(2-4-11)9-21-15-8-18-20-19-15;2-1-3/h1-8H,9H2,(H,18,19,20);. The summed E-state index contributed by atoms with van der Waals surface area (Å²) in [4.78, 5) is 16.2. The molecule has 0 unspecified atom stereocenters. The second-order valence-corrected chi connectivity index (χ2v) is 5.32. The number of aromatic nitrogens is 3. The number of halogens is 2. The summed E-state index contributed by atoms with van der Waals surface area (Å²) in [5, 5.41) is 11.1. The molecule has 8 heteroatoms. The number of nitrogens with zero attached hydrogens (tertiary/aromatic N) is 2. The molecular weight excluding hydrogens is 353 g/mol. The van der Waals surface area contributed by atoms with Gasteiger partial charge in [-0.05, 0) is 28.8 Å². The summed E-state index contributed by atoms with van der Waals surface area (Å²) in [5.41, 5.74) is 3.13. The Morgan fingerprint density at radius 1 is 1.00 bits per heavy atom. The van der Waals surface area contributed by atoms with E-state index in [1.54, 1.807) is 6.07 Å². The Balaban J connectivity index is 0.000000647. The van der Waals surface area contributed by atoms with Crippen LogP contribution in [0.5, 0.6) is 5.88 Å². The summed E-state index contributed by atoms with van der Waals surface area (Å²) < 4.78 is 5.47. The average molecular weight is 364 g/mol. The van der Waals surface area contributed by atoms with Gasteiger partial charge in [-0.2, -0.15) is 19.9 Å². The molecule has 0 atom stereocenters. The number of benzene rings is 2. The molecule has 0 radical (unpaired) electrons. The molecule has 1 aromatic heterocycles. The Labute approximate surface area is 147 Å². The van der Waals surface area contributed by atoms with Gasteiger partial charge in [-0.1, -0.05) is 53.5 Å². The molecule has 0 saturated heterocycles. The van der Waals surface area contributed by atoms with Crippen LogP contribution in [0, 0.1) is 0 Å². The number of nitrogens with one attached hydrogen (secondary N) is 1. The highest BCUT2D eigenvalue weighted by Crippen LogP contribution is 2.28. The van der Waals surface area contributed by atoms with E-state index in [2.05, 4.69) is 15.4 Å². The van der Waals surface area contributed by atoms with Crippen molar-refractivity contribution in [3.05, 3.63) is 64.3 Å². The van der Waals surface area contributed by atoms with Crippen molar-refractivity contribution >= 4 is 29.4 Å². The first-order valence-electron chi connectivity index (χ1n) is 6.66. The number of aromatic amines is 1. The Hall–Kier alpha value is -2.66. The van der Waals surface area contributed by atoms with Crippen LogP contribution in [0.2, 0.25) is 10.0 Å². The maximum Gasteiger partial charge on any atom is 0.373 e. The van der Waals surface area contributed by atoms with Crippen LogP contribution in [0.4, 0.5) is 0 Å². The zero-order valence-corrected chi connectivity index (χ0v) is 13.7. The molecule has 2 aromatic carbocycles. The van der Waals surface area contributed by atoms with E-state index >= 15 is 0 Å². The van der Waals surface area contributed by atoms with E-state index in [-0.39, 0.29) is 6.15 Å². The number of hydrogen-bond acceptors (Lipinski definition) is 5. The minimum Gasteiger partial charge on any atom is -0.471 e. The SMILES string of the molecule is Clc1ccc(-c2ccc(COc3cn[nH]n3)cc2)cc1Cl.O=C=O. The van der Waals surface area contributed by atoms with Crippen molar-refractivity contribution in [1.82, 2.24) is 15.4 Å². The van der Waals surface area contributed by atoms with Crippen molar-refractivity contribution < 1.29 is 14.3 Å². The molecule has 0 aliphatic heterocycles. The lowest BCUT2D eigenvalue weighted by Gasteiger charge is -2.06. The topological polar surface area (TPSA) is 84.9 Å². The van der Waals surface area contributed by atoms with Gasteiger partial charge in [0.2, 0.25) is 0 Å². The summed E-state index contributed by atoms with van der Waals surface area (Å²) in [5.74, 6) is 0.476. The smallest absolute Gasteiger partial charge is 0.373 e. The first-order chi connectivity index (χ1) is 11.6. The van der Waals surface area contributed by atoms with Gasteiger partial charge in [-0.3, -0.25) is 0 Å². The second kappa shape index (κ2) is 8.84. The van der Waals surface area contributed by atoms with E-state index in [1.807, 2.05) is 36.4 Å². The van der Waals surface area contributed by atoms with E-state index in [1.165, 1.54) is 6.20 Å². The Morgan fingerprint density at radius 3 is 2.25 bits per heavy atom. The van der Waals surface area contributed by atoms with Gasteiger partial charge < -0.3 is 4.74 Å². The third kappa shape index (κ3) is 4.93. The van der Waals surface area contributed by atoms with Crippen LogP contribution in [0.1, 0.15) is 5.56 Å². The third-order valence-electron chi connectivity index (χ3n) is 2.99. The number of H-pyrrole nitrogens is 1.